The Morgan fingerprint density at radius 1 is 1.37 bits per heavy atom. The lowest BCUT2D eigenvalue weighted by atomic mass is 10.2. The van der Waals surface area contributed by atoms with Crippen LogP contribution in [0.15, 0.2) is 0 Å². The van der Waals surface area contributed by atoms with Crippen LogP contribution in [0.2, 0.25) is 0 Å². The highest BCUT2D eigenvalue weighted by Crippen LogP contribution is 2.35. The Labute approximate surface area is 118 Å². The van der Waals surface area contributed by atoms with E-state index in [1.807, 2.05) is 0 Å². The minimum absolute atomic E-state index is 0. The fourth-order valence-corrected chi connectivity index (χ4v) is 3.39. The fourth-order valence-electron chi connectivity index (χ4n) is 1.92. The summed E-state index contributed by atoms with van der Waals surface area (Å²) in [5.74, 6) is -0.218. The highest BCUT2D eigenvalue weighted by Gasteiger charge is 2.37. The number of alkyl halides is 3. The molecule has 19 heavy (non-hydrogen) atoms. The molecule has 0 aromatic carbocycles. The fraction of sp³-hybridized carbons (Fsp3) is 1.00. The van der Waals surface area contributed by atoms with Crippen molar-refractivity contribution in [1.82, 2.24) is 4.31 Å². The van der Waals surface area contributed by atoms with Gasteiger partial charge in [-0.25, -0.2) is 12.7 Å². The van der Waals surface area contributed by atoms with Gasteiger partial charge in [0.2, 0.25) is 10.0 Å². The second-order valence-electron chi connectivity index (χ2n) is 4.69. The Bertz CT molecular complexity index is 371. The molecule has 0 aliphatic heterocycles. The summed E-state index contributed by atoms with van der Waals surface area (Å²) in [6, 6.07) is -0.277. The van der Waals surface area contributed by atoms with Crippen LogP contribution in [0.3, 0.4) is 0 Å². The van der Waals surface area contributed by atoms with E-state index < -0.39 is 34.8 Å². The van der Waals surface area contributed by atoms with E-state index in [1.165, 1.54) is 7.05 Å². The molecule has 1 fully saturated rings. The van der Waals surface area contributed by atoms with E-state index in [9.17, 15) is 21.6 Å². The number of halogens is 4. The zero-order chi connectivity index (χ0) is 14.0. The minimum Gasteiger partial charge on any atom is -0.329 e. The van der Waals surface area contributed by atoms with Crippen LogP contribution >= 0.6 is 12.4 Å². The Morgan fingerprint density at radius 2 is 1.89 bits per heavy atom. The Morgan fingerprint density at radius 3 is 2.26 bits per heavy atom. The van der Waals surface area contributed by atoms with Gasteiger partial charge < -0.3 is 5.73 Å². The molecule has 1 saturated carbocycles. The molecular weight excluding hydrogens is 305 g/mol. The number of rotatable bonds is 7. The first-order valence-corrected chi connectivity index (χ1v) is 7.51. The summed E-state index contributed by atoms with van der Waals surface area (Å²) >= 11 is 0. The van der Waals surface area contributed by atoms with Crippen LogP contribution in [0.5, 0.6) is 0 Å². The van der Waals surface area contributed by atoms with Gasteiger partial charge in [-0.15, -0.1) is 12.4 Å². The molecule has 2 N–H and O–H groups in total. The van der Waals surface area contributed by atoms with Crippen molar-refractivity contribution in [2.24, 2.45) is 11.7 Å². The highest BCUT2D eigenvalue weighted by atomic mass is 35.5. The van der Waals surface area contributed by atoms with Crippen molar-refractivity contribution >= 4 is 22.4 Å². The smallest absolute Gasteiger partial charge is 0.329 e. The van der Waals surface area contributed by atoms with Crippen LogP contribution in [0.4, 0.5) is 13.2 Å². The first kappa shape index (κ1) is 18.9. The van der Waals surface area contributed by atoms with E-state index in [0.29, 0.717) is 0 Å². The monoisotopic (exact) mass is 324 g/mol. The van der Waals surface area contributed by atoms with Gasteiger partial charge in [-0.05, 0) is 25.2 Å². The molecule has 1 atom stereocenters. The summed E-state index contributed by atoms with van der Waals surface area (Å²) in [4.78, 5) is 0. The van der Waals surface area contributed by atoms with Crippen LogP contribution < -0.4 is 5.73 Å². The van der Waals surface area contributed by atoms with Crippen molar-refractivity contribution in [2.75, 3.05) is 19.3 Å². The molecule has 0 spiro atoms. The molecule has 0 bridgehead atoms. The zero-order valence-corrected chi connectivity index (χ0v) is 12.3. The SMILES string of the molecule is CN(C(CN)C1CC1)S(=O)(=O)CCCC(F)(F)F.Cl. The van der Waals surface area contributed by atoms with Gasteiger partial charge in [-0.2, -0.15) is 13.2 Å². The van der Waals surface area contributed by atoms with Crippen molar-refractivity contribution in [3.63, 3.8) is 0 Å². The van der Waals surface area contributed by atoms with Crippen LogP contribution in [-0.4, -0.2) is 44.3 Å². The molecule has 1 unspecified atom stereocenters. The van der Waals surface area contributed by atoms with Gasteiger partial charge in [-0.3, -0.25) is 0 Å². The number of hydrogen-bond acceptors (Lipinski definition) is 3. The lowest BCUT2D eigenvalue weighted by Crippen LogP contribution is -2.44. The lowest BCUT2D eigenvalue weighted by molar-refractivity contribution is -0.134. The van der Waals surface area contributed by atoms with Crippen molar-refractivity contribution in [3.8, 4) is 0 Å². The number of nitrogens with zero attached hydrogens (tertiary/aromatic N) is 1. The summed E-state index contributed by atoms with van der Waals surface area (Å²) in [7, 11) is -2.24. The van der Waals surface area contributed by atoms with Gasteiger partial charge in [-0.1, -0.05) is 0 Å². The molecule has 0 amide bonds. The van der Waals surface area contributed by atoms with E-state index in [-0.39, 0.29) is 30.9 Å². The number of nitrogens with two attached hydrogens (primary N) is 1. The molecule has 0 saturated heterocycles. The van der Waals surface area contributed by atoms with Crippen molar-refractivity contribution in [1.29, 1.82) is 0 Å². The van der Waals surface area contributed by atoms with Crippen LogP contribution in [0.1, 0.15) is 25.7 Å². The Kier molecular flexibility index (Phi) is 7.08. The third-order valence-electron chi connectivity index (χ3n) is 3.18. The average Bonchev–Trinajstić information content (AvgIpc) is 3.00. The molecule has 4 nitrogen and oxygen atoms in total. The van der Waals surface area contributed by atoms with Gasteiger partial charge in [0.15, 0.2) is 0 Å². The molecule has 0 radical (unpaired) electrons. The van der Waals surface area contributed by atoms with E-state index in [0.717, 1.165) is 17.1 Å². The second kappa shape index (κ2) is 7.10. The number of likely N-dealkylation sites (N-methyl/N-ethyl adjacent to an activating group) is 1. The molecule has 116 valence electrons. The molecule has 1 aliphatic rings. The molecule has 1 rings (SSSR count). The molecule has 1 aliphatic carbocycles. The molecule has 0 aromatic rings. The topological polar surface area (TPSA) is 63.4 Å². The van der Waals surface area contributed by atoms with E-state index in [1.54, 1.807) is 0 Å². The predicted molar refractivity (Wildman–Crippen MR) is 69.7 cm³/mol. The van der Waals surface area contributed by atoms with Crippen LogP contribution in [0.25, 0.3) is 0 Å². The summed E-state index contributed by atoms with van der Waals surface area (Å²) < 4.78 is 60.8. The molecule has 0 heterocycles. The van der Waals surface area contributed by atoms with E-state index in [2.05, 4.69) is 0 Å². The first-order chi connectivity index (χ1) is 8.17. The van der Waals surface area contributed by atoms with Gasteiger partial charge in [0.05, 0.1) is 5.75 Å². The summed E-state index contributed by atoms with van der Waals surface area (Å²) in [5.41, 5.74) is 5.52. The third-order valence-corrected chi connectivity index (χ3v) is 5.13. The maximum Gasteiger partial charge on any atom is 0.389 e. The largest absolute Gasteiger partial charge is 0.389 e. The summed E-state index contributed by atoms with van der Waals surface area (Å²) in [6.07, 6.45) is -3.92. The summed E-state index contributed by atoms with van der Waals surface area (Å²) in [5, 5.41) is 0. The quantitative estimate of drug-likeness (QED) is 0.776. The van der Waals surface area contributed by atoms with Crippen molar-refractivity contribution in [2.45, 2.75) is 37.9 Å². The number of sulfonamides is 1. The average molecular weight is 325 g/mol. The van der Waals surface area contributed by atoms with Crippen LogP contribution in [0, 0.1) is 5.92 Å². The van der Waals surface area contributed by atoms with Crippen LogP contribution in [-0.2, 0) is 10.0 Å². The summed E-state index contributed by atoms with van der Waals surface area (Å²) in [6.45, 7) is 0.208. The standard InChI is InChI=1S/C10H19F3N2O2S.ClH/c1-15(9(7-14)8-3-4-8)18(16,17)6-2-5-10(11,12)13;/h8-9H,2-7,14H2,1H3;1H. The van der Waals surface area contributed by atoms with E-state index in [4.69, 9.17) is 5.73 Å². The maximum atomic E-state index is 12.0. The number of hydrogen-bond donors (Lipinski definition) is 1. The molecule has 0 aromatic heterocycles. The van der Waals surface area contributed by atoms with Gasteiger partial charge in [0, 0.05) is 26.1 Å². The van der Waals surface area contributed by atoms with Gasteiger partial charge in [0.25, 0.3) is 0 Å². The van der Waals surface area contributed by atoms with Gasteiger partial charge in [0.1, 0.15) is 0 Å². The highest BCUT2D eigenvalue weighted by molar-refractivity contribution is 7.89. The van der Waals surface area contributed by atoms with Crippen molar-refractivity contribution in [3.05, 3.63) is 0 Å². The lowest BCUT2D eigenvalue weighted by Gasteiger charge is -2.26. The van der Waals surface area contributed by atoms with Gasteiger partial charge >= 0.3 is 6.18 Å². The third kappa shape index (κ3) is 6.29. The second-order valence-corrected chi connectivity index (χ2v) is 6.84. The van der Waals surface area contributed by atoms with Crippen molar-refractivity contribution < 1.29 is 21.6 Å². The minimum atomic E-state index is -4.31. The predicted octanol–water partition coefficient (Wildman–Crippen LogP) is 1.75. The molecular formula is C10H20ClF3N2O2S. The Balaban J connectivity index is 0.00000324. The first-order valence-electron chi connectivity index (χ1n) is 5.90. The Hall–Kier alpha value is -0.0500. The maximum absolute atomic E-state index is 12.0. The molecule has 9 heteroatoms. The zero-order valence-electron chi connectivity index (χ0n) is 10.7. The normalized spacial score (nSPS) is 18.2. The van der Waals surface area contributed by atoms with E-state index >= 15 is 0 Å².